The SMILES string of the molecule is CCCN(CCC)C(=O)c1c(N)cnn1CC. The molecule has 1 heterocycles. The Hall–Kier alpha value is -1.52. The van der Waals surface area contributed by atoms with Crippen molar-refractivity contribution in [1.82, 2.24) is 14.7 Å². The second-order valence-corrected chi connectivity index (χ2v) is 4.06. The number of nitrogens with zero attached hydrogens (tertiary/aromatic N) is 3. The molecule has 0 unspecified atom stereocenters. The third-order valence-electron chi connectivity index (χ3n) is 2.64. The van der Waals surface area contributed by atoms with E-state index in [4.69, 9.17) is 5.73 Å². The topological polar surface area (TPSA) is 64.2 Å². The van der Waals surface area contributed by atoms with Gasteiger partial charge in [-0.2, -0.15) is 5.10 Å². The lowest BCUT2D eigenvalue weighted by Gasteiger charge is -2.22. The second-order valence-electron chi connectivity index (χ2n) is 4.06. The van der Waals surface area contributed by atoms with Crippen molar-refractivity contribution >= 4 is 11.6 Å². The minimum Gasteiger partial charge on any atom is -0.396 e. The quantitative estimate of drug-likeness (QED) is 0.821. The van der Waals surface area contributed by atoms with Crippen LogP contribution in [0.15, 0.2) is 6.20 Å². The van der Waals surface area contributed by atoms with Gasteiger partial charge in [0.15, 0.2) is 0 Å². The van der Waals surface area contributed by atoms with Gasteiger partial charge in [0.25, 0.3) is 5.91 Å². The Labute approximate surface area is 103 Å². The highest BCUT2D eigenvalue weighted by molar-refractivity contribution is 5.97. The molecule has 0 aliphatic heterocycles. The van der Waals surface area contributed by atoms with Crippen LogP contribution in [0.25, 0.3) is 0 Å². The van der Waals surface area contributed by atoms with E-state index < -0.39 is 0 Å². The van der Waals surface area contributed by atoms with Gasteiger partial charge in [-0.05, 0) is 19.8 Å². The number of carbonyl (C=O) groups excluding carboxylic acids is 1. The first-order valence-corrected chi connectivity index (χ1v) is 6.26. The highest BCUT2D eigenvalue weighted by atomic mass is 16.2. The maximum absolute atomic E-state index is 12.4. The van der Waals surface area contributed by atoms with Crippen molar-refractivity contribution in [3.63, 3.8) is 0 Å². The van der Waals surface area contributed by atoms with Crippen LogP contribution in [0.1, 0.15) is 44.1 Å². The lowest BCUT2D eigenvalue weighted by Crippen LogP contribution is -2.34. The van der Waals surface area contributed by atoms with Gasteiger partial charge in [0, 0.05) is 19.6 Å². The van der Waals surface area contributed by atoms with E-state index in [0.29, 0.717) is 17.9 Å². The van der Waals surface area contributed by atoms with Crippen molar-refractivity contribution in [3.8, 4) is 0 Å². The molecule has 0 bridgehead atoms. The second kappa shape index (κ2) is 6.27. The van der Waals surface area contributed by atoms with Crippen LogP contribution in [0.4, 0.5) is 5.69 Å². The van der Waals surface area contributed by atoms with E-state index in [9.17, 15) is 4.79 Å². The maximum Gasteiger partial charge on any atom is 0.274 e. The molecular formula is C12H22N4O. The Morgan fingerprint density at radius 2 is 1.94 bits per heavy atom. The monoisotopic (exact) mass is 238 g/mol. The molecule has 96 valence electrons. The Morgan fingerprint density at radius 1 is 1.35 bits per heavy atom. The first-order chi connectivity index (χ1) is 8.15. The fourth-order valence-electron chi connectivity index (χ4n) is 1.88. The van der Waals surface area contributed by atoms with E-state index in [0.717, 1.165) is 25.9 Å². The van der Waals surface area contributed by atoms with Crippen LogP contribution in [-0.2, 0) is 6.54 Å². The lowest BCUT2D eigenvalue weighted by molar-refractivity contribution is 0.0744. The van der Waals surface area contributed by atoms with Gasteiger partial charge >= 0.3 is 0 Å². The van der Waals surface area contributed by atoms with Crippen molar-refractivity contribution in [3.05, 3.63) is 11.9 Å². The summed E-state index contributed by atoms with van der Waals surface area (Å²) in [7, 11) is 0. The molecule has 0 radical (unpaired) electrons. The van der Waals surface area contributed by atoms with Gasteiger partial charge in [-0.3, -0.25) is 9.48 Å². The van der Waals surface area contributed by atoms with Gasteiger partial charge in [0.1, 0.15) is 5.69 Å². The fourth-order valence-corrected chi connectivity index (χ4v) is 1.88. The Kier molecular flexibility index (Phi) is 5.00. The van der Waals surface area contributed by atoms with E-state index in [2.05, 4.69) is 18.9 Å². The van der Waals surface area contributed by atoms with Crippen molar-refractivity contribution in [1.29, 1.82) is 0 Å². The summed E-state index contributed by atoms with van der Waals surface area (Å²) in [6, 6.07) is 0. The zero-order chi connectivity index (χ0) is 12.8. The minimum absolute atomic E-state index is 0.00875. The Balaban J connectivity index is 2.95. The highest BCUT2D eigenvalue weighted by Gasteiger charge is 2.21. The largest absolute Gasteiger partial charge is 0.396 e. The molecule has 0 saturated carbocycles. The summed E-state index contributed by atoms with van der Waals surface area (Å²) >= 11 is 0. The number of hydrogen-bond donors (Lipinski definition) is 1. The van der Waals surface area contributed by atoms with Gasteiger partial charge in [0.05, 0.1) is 11.9 Å². The molecule has 0 spiro atoms. The summed E-state index contributed by atoms with van der Waals surface area (Å²) in [6.45, 7) is 8.27. The maximum atomic E-state index is 12.4. The number of hydrogen-bond acceptors (Lipinski definition) is 3. The third-order valence-corrected chi connectivity index (χ3v) is 2.64. The molecule has 2 N–H and O–H groups in total. The van der Waals surface area contributed by atoms with Gasteiger partial charge in [-0.15, -0.1) is 0 Å². The average molecular weight is 238 g/mol. The molecule has 1 rings (SSSR count). The smallest absolute Gasteiger partial charge is 0.274 e. The molecule has 0 fully saturated rings. The Bertz CT molecular complexity index is 367. The predicted octanol–water partition coefficient (Wildman–Crippen LogP) is 1.75. The molecule has 0 aromatic carbocycles. The van der Waals surface area contributed by atoms with Gasteiger partial charge in [0.2, 0.25) is 0 Å². The van der Waals surface area contributed by atoms with Crippen molar-refractivity contribution in [2.75, 3.05) is 18.8 Å². The minimum atomic E-state index is -0.00875. The predicted molar refractivity (Wildman–Crippen MR) is 68.8 cm³/mol. The number of aromatic nitrogens is 2. The number of anilines is 1. The van der Waals surface area contributed by atoms with Gasteiger partial charge in [-0.1, -0.05) is 13.8 Å². The highest BCUT2D eigenvalue weighted by Crippen LogP contribution is 2.14. The van der Waals surface area contributed by atoms with E-state index in [1.54, 1.807) is 10.9 Å². The first-order valence-electron chi connectivity index (χ1n) is 6.26. The van der Waals surface area contributed by atoms with Crippen LogP contribution >= 0.6 is 0 Å². The van der Waals surface area contributed by atoms with Crippen molar-refractivity contribution in [2.45, 2.75) is 40.2 Å². The van der Waals surface area contributed by atoms with Crippen molar-refractivity contribution < 1.29 is 4.79 Å². The summed E-state index contributed by atoms with van der Waals surface area (Å²) in [4.78, 5) is 14.2. The molecule has 1 aromatic rings. The molecule has 1 amide bonds. The molecule has 5 heteroatoms. The summed E-state index contributed by atoms with van der Waals surface area (Å²) in [5.74, 6) is -0.00875. The van der Waals surface area contributed by atoms with Crippen LogP contribution in [0.3, 0.4) is 0 Å². The van der Waals surface area contributed by atoms with Gasteiger partial charge in [-0.25, -0.2) is 0 Å². The average Bonchev–Trinajstić information content (AvgIpc) is 2.69. The van der Waals surface area contributed by atoms with Crippen LogP contribution in [0, 0.1) is 0 Å². The third kappa shape index (κ3) is 2.99. The molecule has 0 saturated heterocycles. The number of aryl methyl sites for hydroxylation is 1. The van der Waals surface area contributed by atoms with Gasteiger partial charge < -0.3 is 10.6 Å². The zero-order valence-corrected chi connectivity index (χ0v) is 10.9. The number of nitrogen functional groups attached to an aromatic ring is 1. The number of amides is 1. The Morgan fingerprint density at radius 3 is 2.41 bits per heavy atom. The van der Waals surface area contributed by atoms with Crippen LogP contribution in [0.2, 0.25) is 0 Å². The summed E-state index contributed by atoms with van der Waals surface area (Å²) in [5, 5.41) is 4.10. The molecule has 0 aliphatic rings. The molecule has 0 atom stereocenters. The van der Waals surface area contributed by atoms with Crippen molar-refractivity contribution in [2.24, 2.45) is 0 Å². The number of nitrogens with two attached hydrogens (primary N) is 1. The molecular weight excluding hydrogens is 216 g/mol. The lowest BCUT2D eigenvalue weighted by atomic mass is 10.2. The molecule has 0 aliphatic carbocycles. The van der Waals surface area contributed by atoms with E-state index in [1.807, 2.05) is 11.8 Å². The van der Waals surface area contributed by atoms with E-state index in [1.165, 1.54) is 0 Å². The molecule has 5 nitrogen and oxygen atoms in total. The summed E-state index contributed by atoms with van der Waals surface area (Å²) < 4.78 is 1.66. The standard InChI is InChI=1S/C12H22N4O/c1-4-7-15(8-5-2)12(17)11-10(13)9-14-16(11)6-3/h9H,4-8,13H2,1-3H3. The fraction of sp³-hybridized carbons (Fsp3) is 0.667. The van der Waals surface area contributed by atoms with Crippen LogP contribution < -0.4 is 5.73 Å². The van der Waals surface area contributed by atoms with E-state index in [-0.39, 0.29) is 5.91 Å². The normalized spacial score (nSPS) is 10.5. The number of rotatable bonds is 6. The van der Waals surface area contributed by atoms with Crippen LogP contribution in [0.5, 0.6) is 0 Å². The summed E-state index contributed by atoms with van der Waals surface area (Å²) in [6.07, 6.45) is 3.45. The first kappa shape index (κ1) is 13.5. The van der Waals surface area contributed by atoms with Crippen LogP contribution in [-0.4, -0.2) is 33.7 Å². The molecule has 1 aromatic heterocycles. The summed E-state index contributed by atoms with van der Waals surface area (Å²) in [5.41, 5.74) is 6.81. The zero-order valence-electron chi connectivity index (χ0n) is 10.9. The molecule has 17 heavy (non-hydrogen) atoms. The van der Waals surface area contributed by atoms with E-state index >= 15 is 0 Å². The number of carbonyl (C=O) groups is 1.